The molecular weight excluding hydrogens is 416 g/mol. The first-order valence-corrected chi connectivity index (χ1v) is 13.0. The van der Waals surface area contributed by atoms with Crippen LogP contribution < -0.4 is 0 Å². The predicted molar refractivity (Wildman–Crippen MR) is 130 cm³/mol. The molecule has 0 atom stereocenters. The summed E-state index contributed by atoms with van der Waals surface area (Å²) in [5.74, 6) is 2.04. The lowest BCUT2D eigenvalue weighted by atomic mass is 9.68. The van der Waals surface area contributed by atoms with Gasteiger partial charge in [-0.25, -0.2) is 8.78 Å². The smallest absolute Gasteiger partial charge is 0.159 e. The summed E-state index contributed by atoms with van der Waals surface area (Å²) in [6, 6.07) is 7.95. The van der Waals surface area contributed by atoms with E-state index in [4.69, 9.17) is 4.74 Å². The third-order valence-corrected chi connectivity index (χ3v) is 8.29. The molecular formula is C29H39F2NO. The van der Waals surface area contributed by atoms with E-state index in [2.05, 4.69) is 11.1 Å². The molecule has 2 aliphatic rings. The minimum atomic E-state index is -0.830. The van der Waals surface area contributed by atoms with Crippen LogP contribution in [0.4, 0.5) is 8.78 Å². The minimum absolute atomic E-state index is 0.614. The van der Waals surface area contributed by atoms with Crippen molar-refractivity contribution in [2.24, 2.45) is 23.7 Å². The third-order valence-electron chi connectivity index (χ3n) is 8.29. The molecule has 33 heavy (non-hydrogen) atoms. The molecule has 0 bridgehead atoms. The maximum atomic E-state index is 13.5. The average molecular weight is 456 g/mol. The Kier molecular flexibility index (Phi) is 8.89. The third kappa shape index (κ3) is 6.85. The highest BCUT2D eigenvalue weighted by Gasteiger charge is 2.30. The van der Waals surface area contributed by atoms with Gasteiger partial charge in [0, 0.05) is 25.5 Å². The molecule has 0 spiro atoms. The number of hydrogen-bond acceptors (Lipinski definition) is 2. The average Bonchev–Trinajstić information content (AvgIpc) is 2.86. The van der Waals surface area contributed by atoms with Crippen molar-refractivity contribution in [3.05, 3.63) is 53.7 Å². The summed E-state index contributed by atoms with van der Waals surface area (Å²) >= 11 is 0. The van der Waals surface area contributed by atoms with Crippen LogP contribution in [0.15, 0.2) is 36.5 Å². The van der Waals surface area contributed by atoms with E-state index in [0.717, 1.165) is 42.8 Å². The lowest BCUT2D eigenvalue weighted by molar-refractivity contribution is 0.133. The van der Waals surface area contributed by atoms with Gasteiger partial charge in [-0.2, -0.15) is 0 Å². The fraction of sp³-hybridized carbons (Fsp3) is 0.621. The maximum absolute atomic E-state index is 13.5. The summed E-state index contributed by atoms with van der Waals surface area (Å²) in [7, 11) is 1.80. The van der Waals surface area contributed by atoms with Crippen LogP contribution in [-0.2, 0) is 11.2 Å². The van der Waals surface area contributed by atoms with Crippen molar-refractivity contribution in [2.75, 3.05) is 13.7 Å². The molecule has 0 aliphatic heterocycles. The van der Waals surface area contributed by atoms with E-state index in [1.807, 2.05) is 12.3 Å². The number of aromatic nitrogens is 1. The summed E-state index contributed by atoms with van der Waals surface area (Å²) in [5, 5.41) is 0. The highest BCUT2D eigenvalue weighted by molar-refractivity contribution is 5.59. The molecule has 1 aromatic carbocycles. The highest BCUT2D eigenvalue weighted by Crippen LogP contribution is 2.43. The first kappa shape index (κ1) is 24.3. The quantitative estimate of drug-likeness (QED) is 0.357. The van der Waals surface area contributed by atoms with Gasteiger partial charge in [0.2, 0.25) is 0 Å². The second-order valence-corrected chi connectivity index (χ2v) is 10.4. The van der Waals surface area contributed by atoms with Gasteiger partial charge >= 0.3 is 0 Å². The minimum Gasteiger partial charge on any atom is -0.385 e. The van der Waals surface area contributed by atoms with Gasteiger partial charge in [0.15, 0.2) is 11.6 Å². The van der Waals surface area contributed by atoms with Crippen LogP contribution in [0.5, 0.6) is 0 Å². The van der Waals surface area contributed by atoms with Crippen LogP contribution in [-0.4, -0.2) is 18.7 Å². The molecule has 180 valence electrons. The largest absolute Gasteiger partial charge is 0.385 e. The molecule has 1 aromatic heterocycles. The highest BCUT2D eigenvalue weighted by atomic mass is 19.2. The Morgan fingerprint density at radius 3 is 2.06 bits per heavy atom. The Hall–Kier alpha value is -1.81. The molecule has 1 heterocycles. The number of benzene rings is 1. The van der Waals surface area contributed by atoms with Gasteiger partial charge in [0.1, 0.15) is 0 Å². The molecule has 4 rings (SSSR count). The molecule has 0 saturated heterocycles. The van der Waals surface area contributed by atoms with Gasteiger partial charge in [-0.3, -0.25) is 4.98 Å². The molecule has 4 heteroatoms. The summed E-state index contributed by atoms with van der Waals surface area (Å²) < 4.78 is 31.8. The van der Waals surface area contributed by atoms with E-state index in [1.165, 1.54) is 82.3 Å². The van der Waals surface area contributed by atoms with Crippen molar-refractivity contribution in [3.8, 4) is 11.3 Å². The maximum Gasteiger partial charge on any atom is 0.159 e. The number of ether oxygens (including phenoxy) is 1. The van der Waals surface area contributed by atoms with E-state index in [9.17, 15) is 8.78 Å². The predicted octanol–water partition coefficient (Wildman–Crippen LogP) is 8.00. The van der Waals surface area contributed by atoms with Crippen LogP contribution in [0.2, 0.25) is 0 Å². The first-order valence-electron chi connectivity index (χ1n) is 13.0. The van der Waals surface area contributed by atoms with Gasteiger partial charge < -0.3 is 4.74 Å². The first-order chi connectivity index (χ1) is 16.1. The fourth-order valence-corrected chi connectivity index (χ4v) is 6.18. The molecule has 2 saturated carbocycles. The van der Waals surface area contributed by atoms with Crippen LogP contribution in [0, 0.1) is 35.3 Å². The van der Waals surface area contributed by atoms with E-state index in [1.54, 1.807) is 13.2 Å². The van der Waals surface area contributed by atoms with E-state index >= 15 is 0 Å². The Morgan fingerprint density at radius 1 is 0.818 bits per heavy atom. The standard InChI is InChI=1S/C29H39F2NO/c1-33-18-2-3-21-6-11-24(12-7-21)25-13-8-22(9-14-25)4-5-23-10-17-29(32-20-23)26-15-16-27(30)28(31)19-26/h10,15-17,19-22,24-25H,2-9,11-14,18H2,1H3/t21-,22?,24-,25?. The number of rotatable bonds is 9. The Labute approximate surface area is 198 Å². The number of aryl methyl sites for hydroxylation is 1. The zero-order chi connectivity index (χ0) is 23.0. The van der Waals surface area contributed by atoms with E-state index in [0.29, 0.717) is 11.3 Å². The topological polar surface area (TPSA) is 22.1 Å². The summed E-state index contributed by atoms with van der Waals surface area (Å²) in [4.78, 5) is 4.49. The van der Waals surface area contributed by atoms with Crippen LogP contribution in [0.25, 0.3) is 11.3 Å². The van der Waals surface area contributed by atoms with Crippen molar-refractivity contribution in [2.45, 2.75) is 77.0 Å². The molecule has 2 fully saturated rings. The van der Waals surface area contributed by atoms with Gasteiger partial charge in [-0.05, 0) is 105 Å². The zero-order valence-electron chi connectivity index (χ0n) is 20.1. The summed E-state index contributed by atoms with van der Waals surface area (Å²) in [6.07, 6.45) is 18.1. The molecule has 2 nitrogen and oxygen atoms in total. The molecule has 0 N–H and O–H groups in total. The second-order valence-electron chi connectivity index (χ2n) is 10.4. The zero-order valence-corrected chi connectivity index (χ0v) is 20.1. The van der Waals surface area contributed by atoms with Crippen molar-refractivity contribution in [1.82, 2.24) is 4.98 Å². The molecule has 2 aliphatic carbocycles. The molecule has 0 radical (unpaired) electrons. The normalized spacial score (nSPS) is 25.8. The Bertz CT molecular complexity index is 852. The van der Waals surface area contributed by atoms with Crippen LogP contribution >= 0.6 is 0 Å². The molecule has 2 aromatic rings. The number of halogens is 2. The molecule has 0 amide bonds. The Morgan fingerprint density at radius 2 is 1.48 bits per heavy atom. The number of pyridine rings is 1. The molecule has 0 unspecified atom stereocenters. The second kappa shape index (κ2) is 12.1. The van der Waals surface area contributed by atoms with Gasteiger partial charge in [0.25, 0.3) is 0 Å². The van der Waals surface area contributed by atoms with Crippen LogP contribution in [0.1, 0.15) is 76.2 Å². The van der Waals surface area contributed by atoms with Gasteiger partial charge in [-0.1, -0.05) is 31.7 Å². The fourth-order valence-electron chi connectivity index (χ4n) is 6.18. The number of nitrogens with zero attached hydrogens (tertiary/aromatic N) is 1. The van der Waals surface area contributed by atoms with Crippen LogP contribution in [0.3, 0.4) is 0 Å². The lowest BCUT2D eigenvalue weighted by Crippen LogP contribution is -2.26. The van der Waals surface area contributed by atoms with Crippen molar-refractivity contribution in [1.29, 1.82) is 0 Å². The van der Waals surface area contributed by atoms with E-state index in [-0.39, 0.29) is 0 Å². The monoisotopic (exact) mass is 455 g/mol. The number of methoxy groups -OCH3 is 1. The number of hydrogen-bond donors (Lipinski definition) is 0. The van der Waals surface area contributed by atoms with Crippen molar-refractivity contribution in [3.63, 3.8) is 0 Å². The van der Waals surface area contributed by atoms with Gasteiger partial charge in [-0.15, -0.1) is 0 Å². The lowest BCUT2D eigenvalue weighted by Gasteiger charge is -2.38. The SMILES string of the molecule is COCCC[C@H]1CC[C@H](C2CCC(CCc3ccc(-c4ccc(F)c(F)c4)nc3)CC2)CC1. The van der Waals surface area contributed by atoms with Gasteiger partial charge in [0.05, 0.1) is 5.69 Å². The summed E-state index contributed by atoms with van der Waals surface area (Å²) in [6.45, 7) is 0.915. The summed E-state index contributed by atoms with van der Waals surface area (Å²) in [5.41, 5.74) is 2.53. The van der Waals surface area contributed by atoms with Crippen molar-refractivity contribution < 1.29 is 13.5 Å². The Balaban J connectivity index is 1.17. The van der Waals surface area contributed by atoms with Crippen molar-refractivity contribution >= 4 is 0 Å². The van der Waals surface area contributed by atoms with E-state index < -0.39 is 11.6 Å².